The van der Waals surface area contributed by atoms with Crippen molar-refractivity contribution >= 4 is 17.1 Å². The summed E-state index contributed by atoms with van der Waals surface area (Å²) in [6, 6.07) is 2.49. The van der Waals surface area contributed by atoms with E-state index < -0.39 is 0 Å². The van der Waals surface area contributed by atoms with E-state index in [9.17, 15) is 4.79 Å². The van der Waals surface area contributed by atoms with Crippen LogP contribution in [-0.2, 0) is 0 Å². The number of hydrogen-bond donors (Lipinski definition) is 0. The van der Waals surface area contributed by atoms with E-state index in [2.05, 4.69) is 30.7 Å². The molecule has 0 amide bonds. The summed E-state index contributed by atoms with van der Waals surface area (Å²) < 4.78 is 0. The number of likely N-dealkylation sites (N-methyl/N-ethyl adjacent to an activating group) is 1. The van der Waals surface area contributed by atoms with Crippen LogP contribution in [0, 0.1) is 13.8 Å². The molecule has 1 unspecified atom stereocenters. The third-order valence-electron chi connectivity index (χ3n) is 3.87. The molecule has 1 saturated heterocycles. The molecule has 0 radical (unpaired) electrons. The highest BCUT2D eigenvalue weighted by Crippen LogP contribution is 2.21. The minimum atomic E-state index is 0.276. The van der Waals surface area contributed by atoms with Crippen molar-refractivity contribution in [2.75, 3.05) is 33.2 Å². The first kappa shape index (κ1) is 14.7. The first-order chi connectivity index (χ1) is 8.97. The summed E-state index contributed by atoms with van der Waals surface area (Å²) in [5.74, 6) is 0.276. The Balaban J connectivity index is 2.03. The largest absolute Gasteiger partial charge is 0.305 e. The van der Waals surface area contributed by atoms with Crippen LogP contribution in [0.25, 0.3) is 0 Å². The Labute approximate surface area is 120 Å². The predicted molar refractivity (Wildman–Crippen MR) is 81.3 cm³/mol. The van der Waals surface area contributed by atoms with E-state index >= 15 is 0 Å². The Morgan fingerprint density at radius 1 is 1.42 bits per heavy atom. The Kier molecular flexibility index (Phi) is 4.76. The Morgan fingerprint density at radius 3 is 2.79 bits per heavy atom. The van der Waals surface area contributed by atoms with Crippen molar-refractivity contribution in [3.63, 3.8) is 0 Å². The average molecular weight is 280 g/mol. The second-order valence-corrected chi connectivity index (χ2v) is 7.15. The molecule has 4 heteroatoms. The number of nitrogens with zero attached hydrogens (tertiary/aromatic N) is 2. The van der Waals surface area contributed by atoms with Crippen molar-refractivity contribution < 1.29 is 4.79 Å². The molecule has 3 nitrogen and oxygen atoms in total. The van der Waals surface area contributed by atoms with Gasteiger partial charge in [0.2, 0.25) is 0 Å². The molecular formula is C15H24N2OS. The molecular weight excluding hydrogens is 256 g/mol. The fourth-order valence-electron chi connectivity index (χ4n) is 2.83. The maximum absolute atomic E-state index is 12.4. The molecule has 19 heavy (non-hydrogen) atoms. The van der Waals surface area contributed by atoms with Gasteiger partial charge < -0.3 is 4.90 Å². The zero-order chi connectivity index (χ0) is 14.0. The van der Waals surface area contributed by atoms with Crippen LogP contribution in [0.1, 0.15) is 33.5 Å². The van der Waals surface area contributed by atoms with Crippen LogP contribution in [0.4, 0.5) is 0 Å². The fraction of sp³-hybridized carbons (Fsp3) is 0.667. The number of aryl methyl sites for hydroxylation is 2. The molecule has 1 aliphatic heterocycles. The summed E-state index contributed by atoms with van der Waals surface area (Å²) in [6.07, 6.45) is 1.15. The van der Waals surface area contributed by atoms with Crippen LogP contribution >= 0.6 is 11.3 Å². The third kappa shape index (κ3) is 3.65. The third-order valence-corrected chi connectivity index (χ3v) is 4.84. The number of carbonyl (C=O) groups excluding carboxylic acids is 1. The van der Waals surface area contributed by atoms with Crippen molar-refractivity contribution in [2.24, 2.45) is 0 Å². The van der Waals surface area contributed by atoms with Gasteiger partial charge in [-0.3, -0.25) is 9.69 Å². The van der Waals surface area contributed by atoms with Crippen LogP contribution in [0.2, 0.25) is 0 Å². The van der Waals surface area contributed by atoms with Crippen LogP contribution in [0.5, 0.6) is 0 Å². The van der Waals surface area contributed by atoms with E-state index in [-0.39, 0.29) is 5.78 Å². The first-order valence-electron chi connectivity index (χ1n) is 7.00. The van der Waals surface area contributed by atoms with Crippen LogP contribution in [0.3, 0.4) is 0 Å². The van der Waals surface area contributed by atoms with Gasteiger partial charge in [-0.2, -0.15) is 0 Å². The molecule has 1 fully saturated rings. The van der Waals surface area contributed by atoms with Gasteiger partial charge in [0.15, 0.2) is 5.78 Å². The summed E-state index contributed by atoms with van der Waals surface area (Å²) in [5, 5.41) is 0. The second kappa shape index (κ2) is 6.16. The minimum Gasteiger partial charge on any atom is -0.305 e. The number of carbonyl (C=O) groups is 1. The van der Waals surface area contributed by atoms with E-state index in [4.69, 9.17) is 0 Å². The molecule has 1 aromatic rings. The lowest BCUT2D eigenvalue weighted by Gasteiger charge is -2.27. The van der Waals surface area contributed by atoms with E-state index in [1.54, 1.807) is 11.3 Å². The van der Waals surface area contributed by atoms with Gasteiger partial charge in [-0.05, 0) is 46.9 Å². The lowest BCUT2D eigenvalue weighted by atomic mass is 10.1. The summed E-state index contributed by atoms with van der Waals surface area (Å²) in [7, 11) is 2.16. The van der Waals surface area contributed by atoms with Gasteiger partial charge in [0.25, 0.3) is 0 Å². The van der Waals surface area contributed by atoms with E-state index in [1.165, 1.54) is 4.88 Å². The van der Waals surface area contributed by atoms with Crippen LogP contribution in [-0.4, -0.2) is 54.9 Å². The maximum Gasteiger partial charge on any atom is 0.177 e. The number of ketones is 1. The highest BCUT2D eigenvalue weighted by atomic mass is 32.1. The molecule has 1 atom stereocenters. The zero-order valence-corrected chi connectivity index (χ0v) is 13.2. The molecule has 1 aromatic heterocycles. The number of thiophene rings is 1. The molecule has 0 aromatic carbocycles. The van der Waals surface area contributed by atoms with Gasteiger partial charge in [0.05, 0.1) is 6.54 Å². The number of hydrogen-bond acceptors (Lipinski definition) is 4. The maximum atomic E-state index is 12.4. The Bertz CT molecular complexity index is 455. The normalized spacial score (nSPS) is 22.4. The highest BCUT2D eigenvalue weighted by Gasteiger charge is 2.23. The molecule has 0 N–H and O–H groups in total. The van der Waals surface area contributed by atoms with Crippen LogP contribution < -0.4 is 0 Å². The van der Waals surface area contributed by atoms with Gasteiger partial charge in [0, 0.05) is 34.4 Å². The summed E-state index contributed by atoms with van der Waals surface area (Å²) in [5.41, 5.74) is 0.923. The van der Waals surface area contributed by atoms with E-state index in [1.807, 2.05) is 13.0 Å². The quantitative estimate of drug-likeness (QED) is 0.795. The van der Waals surface area contributed by atoms with Crippen molar-refractivity contribution in [1.82, 2.24) is 9.80 Å². The molecule has 0 aliphatic carbocycles. The standard InChI is InChI=1S/C15H24N2OS/c1-11-9-16(4)6-5-7-17(11)10-15(18)14-8-12(2)19-13(14)3/h8,11H,5-7,9-10H2,1-4H3. The molecule has 2 rings (SSSR count). The molecule has 1 aliphatic rings. The lowest BCUT2D eigenvalue weighted by Crippen LogP contribution is -2.40. The molecule has 2 heterocycles. The lowest BCUT2D eigenvalue weighted by molar-refractivity contribution is 0.0900. The average Bonchev–Trinajstić information content (AvgIpc) is 2.58. The second-order valence-electron chi connectivity index (χ2n) is 5.69. The molecule has 0 spiro atoms. The molecule has 106 valence electrons. The summed E-state index contributed by atoms with van der Waals surface area (Å²) in [6.45, 7) is 10.1. The van der Waals surface area contributed by atoms with Gasteiger partial charge in [-0.25, -0.2) is 0 Å². The van der Waals surface area contributed by atoms with Gasteiger partial charge >= 0.3 is 0 Å². The van der Waals surface area contributed by atoms with Gasteiger partial charge in [-0.15, -0.1) is 11.3 Å². The van der Waals surface area contributed by atoms with Gasteiger partial charge in [0.1, 0.15) is 0 Å². The van der Waals surface area contributed by atoms with E-state index in [0.29, 0.717) is 12.6 Å². The fourth-order valence-corrected chi connectivity index (χ4v) is 3.78. The predicted octanol–water partition coefficient (Wildman–Crippen LogP) is 2.57. The van der Waals surface area contributed by atoms with Gasteiger partial charge in [-0.1, -0.05) is 0 Å². The SMILES string of the molecule is Cc1cc(C(=O)CN2CCCN(C)CC2C)c(C)s1. The van der Waals surface area contributed by atoms with Crippen molar-refractivity contribution in [2.45, 2.75) is 33.2 Å². The number of rotatable bonds is 3. The summed E-state index contributed by atoms with van der Waals surface area (Å²) in [4.78, 5) is 19.5. The smallest absolute Gasteiger partial charge is 0.177 e. The van der Waals surface area contributed by atoms with Crippen LogP contribution in [0.15, 0.2) is 6.07 Å². The minimum absolute atomic E-state index is 0.276. The Morgan fingerprint density at radius 2 is 2.16 bits per heavy atom. The van der Waals surface area contributed by atoms with Crippen molar-refractivity contribution in [1.29, 1.82) is 0 Å². The monoisotopic (exact) mass is 280 g/mol. The zero-order valence-electron chi connectivity index (χ0n) is 12.4. The van der Waals surface area contributed by atoms with Crippen molar-refractivity contribution in [3.05, 3.63) is 21.4 Å². The van der Waals surface area contributed by atoms with E-state index in [0.717, 1.165) is 36.5 Å². The molecule has 0 saturated carbocycles. The summed E-state index contributed by atoms with van der Waals surface area (Å²) >= 11 is 1.72. The topological polar surface area (TPSA) is 23.6 Å². The Hall–Kier alpha value is -0.710. The molecule has 0 bridgehead atoms. The highest BCUT2D eigenvalue weighted by molar-refractivity contribution is 7.12. The van der Waals surface area contributed by atoms with Crippen molar-refractivity contribution in [3.8, 4) is 0 Å². The first-order valence-corrected chi connectivity index (χ1v) is 7.82. The number of Topliss-reactive ketones (excluding diaryl/α,β-unsaturated/α-hetero) is 1.